The van der Waals surface area contributed by atoms with Crippen molar-refractivity contribution in [1.82, 2.24) is 15.1 Å². The molecule has 0 fully saturated rings. The van der Waals surface area contributed by atoms with Crippen molar-refractivity contribution in [1.29, 1.82) is 0 Å². The molecule has 1 aromatic carbocycles. The first-order valence-corrected chi connectivity index (χ1v) is 8.58. The van der Waals surface area contributed by atoms with Crippen molar-refractivity contribution in [2.45, 2.75) is 38.6 Å². The number of nitrogens with zero attached hydrogens (tertiary/aromatic N) is 2. The van der Waals surface area contributed by atoms with Gasteiger partial charge in [0.15, 0.2) is 11.2 Å². The van der Waals surface area contributed by atoms with Crippen LogP contribution >= 0.6 is 0 Å². The van der Waals surface area contributed by atoms with Crippen LogP contribution in [0.1, 0.15) is 40.7 Å². The molecular formula is C19H23N3O4. The fourth-order valence-electron chi connectivity index (χ4n) is 3.27. The summed E-state index contributed by atoms with van der Waals surface area (Å²) in [4.78, 5) is 24.3. The molecule has 0 spiro atoms. The number of benzene rings is 1. The van der Waals surface area contributed by atoms with Gasteiger partial charge in [-0.3, -0.25) is 4.79 Å². The highest BCUT2D eigenvalue weighted by Gasteiger charge is 2.37. The zero-order valence-electron chi connectivity index (χ0n) is 15.2. The maximum atomic E-state index is 12.8. The summed E-state index contributed by atoms with van der Waals surface area (Å²) in [6.07, 6.45) is 2.56. The minimum absolute atomic E-state index is 0.130. The molecular weight excluding hydrogens is 334 g/mol. The van der Waals surface area contributed by atoms with E-state index in [1.54, 1.807) is 4.68 Å². The summed E-state index contributed by atoms with van der Waals surface area (Å²) in [5, 5.41) is 16.5. The predicted molar refractivity (Wildman–Crippen MR) is 95.7 cm³/mol. The molecule has 1 unspecified atom stereocenters. The maximum absolute atomic E-state index is 12.8. The Bertz CT molecular complexity index is 841. The van der Waals surface area contributed by atoms with Crippen molar-refractivity contribution >= 4 is 11.9 Å². The molecule has 0 bridgehead atoms. The number of carbonyl (C=O) groups is 2. The number of ether oxygens (including phenoxy) is 1. The molecule has 1 amide bonds. The summed E-state index contributed by atoms with van der Waals surface area (Å²) in [7, 11) is 1.40. The first kappa shape index (κ1) is 18.1. The summed E-state index contributed by atoms with van der Waals surface area (Å²) < 4.78 is 6.76. The summed E-state index contributed by atoms with van der Waals surface area (Å²) in [6, 6.07) is 7.93. The number of hydrogen-bond acceptors (Lipinski definition) is 4. The van der Waals surface area contributed by atoms with Crippen molar-refractivity contribution in [3.63, 3.8) is 0 Å². The SMILES string of the molecule is COCC(C)(NC(=O)c1nn(-c2ccc(C)cc2)c2c1CCC2)C(=O)O. The van der Waals surface area contributed by atoms with E-state index < -0.39 is 17.4 Å². The zero-order chi connectivity index (χ0) is 18.9. The summed E-state index contributed by atoms with van der Waals surface area (Å²) in [5.41, 5.74) is 2.74. The Morgan fingerprint density at radius 2 is 2.00 bits per heavy atom. The Hall–Kier alpha value is -2.67. The third kappa shape index (κ3) is 3.22. The van der Waals surface area contributed by atoms with Gasteiger partial charge in [-0.15, -0.1) is 0 Å². The van der Waals surface area contributed by atoms with Crippen molar-refractivity contribution in [2.75, 3.05) is 13.7 Å². The van der Waals surface area contributed by atoms with Crippen LogP contribution in [0.25, 0.3) is 5.69 Å². The number of aliphatic carboxylic acids is 1. The normalized spacial score (nSPS) is 15.3. The van der Waals surface area contributed by atoms with Gasteiger partial charge >= 0.3 is 5.97 Å². The molecule has 138 valence electrons. The Kier molecular flexibility index (Phi) is 4.82. The first-order valence-electron chi connectivity index (χ1n) is 8.58. The second-order valence-electron chi connectivity index (χ2n) is 6.90. The van der Waals surface area contributed by atoms with Gasteiger partial charge in [-0.2, -0.15) is 5.10 Å². The number of aromatic nitrogens is 2. The van der Waals surface area contributed by atoms with Crippen molar-refractivity contribution in [2.24, 2.45) is 0 Å². The number of aryl methyl sites for hydroxylation is 1. The minimum atomic E-state index is -1.51. The van der Waals surface area contributed by atoms with E-state index in [0.717, 1.165) is 41.8 Å². The highest BCUT2D eigenvalue weighted by Crippen LogP contribution is 2.28. The van der Waals surface area contributed by atoms with Gasteiger partial charge in [0.05, 0.1) is 12.3 Å². The van der Waals surface area contributed by atoms with E-state index in [4.69, 9.17) is 4.74 Å². The molecule has 0 saturated carbocycles. The number of carboxylic acid groups (broad SMARTS) is 1. The number of methoxy groups -OCH3 is 1. The maximum Gasteiger partial charge on any atom is 0.331 e. The molecule has 7 heteroatoms. The van der Waals surface area contributed by atoms with E-state index >= 15 is 0 Å². The lowest BCUT2D eigenvalue weighted by Crippen LogP contribution is -2.55. The lowest BCUT2D eigenvalue weighted by Gasteiger charge is -2.24. The van der Waals surface area contributed by atoms with Gasteiger partial charge in [-0.1, -0.05) is 17.7 Å². The fraction of sp³-hybridized carbons (Fsp3) is 0.421. The van der Waals surface area contributed by atoms with E-state index in [9.17, 15) is 14.7 Å². The molecule has 1 aromatic heterocycles. The number of carbonyl (C=O) groups excluding carboxylic acids is 1. The Labute approximate surface area is 152 Å². The van der Waals surface area contributed by atoms with Crippen LogP contribution in [0, 0.1) is 6.92 Å². The minimum Gasteiger partial charge on any atom is -0.479 e. The van der Waals surface area contributed by atoms with Gasteiger partial charge in [-0.25, -0.2) is 9.48 Å². The van der Waals surface area contributed by atoms with E-state index in [1.165, 1.54) is 14.0 Å². The standard InChI is InChI=1S/C19H23N3O4/c1-12-7-9-13(10-8-12)22-15-6-4-5-14(15)16(21-22)17(23)20-19(2,11-26-3)18(24)25/h7-10H,4-6,11H2,1-3H3,(H,20,23)(H,24,25). The molecule has 26 heavy (non-hydrogen) atoms. The van der Waals surface area contributed by atoms with Crippen molar-refractivity contribution in [3.05, 3.63) is 46.8 Å². The van der Waals surface area contributed by atoms with Gasteiger partial charge < -0.3 is 15.2 Å². The number of amides is 1. The average molecular weight is 357 g/mol. The molecule has 2 N–H and O–H groups in total. The number of nitrogens with one attached hydrogen (secondary N) is 1. The van der Waals surface area contributed by atoms with Crippen LogP contribution in [-0.2, 0) is 22.4 Å². The number of fused-ring (bicyclic) bond motifs is 1. The third-order valence-corrected chi connectivity index (χ3v) is 4.72. The lowest BCUT2D eigenvalue weighted by molar-refractivity contribution is -0.145. The molecule has 1 atom stereocenters. The second kappa shape index (κ2) is 6.92. The van der Waals surface area contributed by atoms with Crippen LogP contribution in [-0.4, -0.2) is 46.0 Å². The molecule has 3 rings (SSSR count). The Morgan fingerprint density at radius 1 is 1.31 bits per heavy atom. The van der Waals surface area contributed by atoms with Gasteiger partial charge in [-0.05, 0) is 45.2 Å². The van der Waals surface area contributed by atoms with Crippen LogP contribution < -0.4 is 5.32 Å². The van der Waals surface area contributed by atoms with E-state index in [0.29, 0.717) is 5.69 Å². The van der Waals surface area contributed by atoms with E-state index in [-0.39, 0.29) is 6.61 Å². The molecule has 1 aliphatic carbocycles. The Morgan fingerprint density at radius 3 is 2.62 bits per heavy atom. The monoisotopic (exact) mass is 357 g/mol. The van der Waals surface area contributed by atoms with Crippen molar-refractivity contribution < 1.29 is 19.4 Å². The molecule has 0 aliphatic heterocycles. The van der Waals surface area contributed by atoms with Crippen LogP contribution in [0.5, 0.6) is 0 Å². The molecule has 0 saturated heterocycles. The number of hydrogen-bond donors (Lipinski definition) is 2. The average Bonchev–Trinajstić information content (AvgIpc) is 3.18. The number of rotatable bonds is 6. The molecule has 1 heterocycles. The van der Waals surface area contributed by atoms with Gasteiger partial charge in [0.25, 0.3) is 5.91 Å². The topological polar surface area (TPSA) is 93.5 Å². The van der Waals surface area contributed by atoms with Gasteiger partial charge in [0, 0.05) is 18.4 Å². The van der Waals surface area contributed by atoms with Crippen LogP contribution in [0.3, 0.4) is 0 Å². The van der Waals surface area contributed by atoms with Gasteiger partial charge in [0.1, 0.15) is 0 Å². The van der Waals surface area contributed by atoms with Gasteiger partial charge in [0.2, 0.25) is 0 Å². The van der Waals surface area contributed by atoms with E-state index in [2.05, 4.69) is 10.4 Å². The first-order chi connectivity index (χ1) is 12.4. The lowest BCUT2D eigenvalue weighted by atomic mass is 10.0. The van der Waals surface area contributed by atoms with Crippen LogP contribution in [0.2, 0.25) is 0 Å². The molecule has 1 aliphatic rings. The van der Waals surface area contributed by atoms with Crippen LogP contribution in [0.4, 0.5) is 0 Å². The zero-order valence-corrected chi connectivity index (χ0v) is 15.2. The highest BCUT2D eigenvalue weighted by molar-refractivity contribution is 5.97. The summed E-state index contributed by atoms with van der Waals surface area (Å²) >= 11 is 0. The predicted octanol–water partition coefficient (Wildman–Crippen LogP) is 1.89. The quantitative estimate of drug-likeness (QED) is 0.823. The van der Waals surface area contributed by atoms with Crippen molar-refractivity contribution in [3.8, 4) is 5.69 Å². The third-order valence-electron chi connectivity index (χ3n) is 4.72. The summed E-state index contributed by atoms with van der Waals surface area (Å²) in [5.74, 6) is -1.64. The summed E-state index contributed by atoms with van der Waals surface area (Å²) in [6.45, 7) is 3.31. The number of carboxylic acids is 1. The largest absolute Gasteiger partial charge is 0.479 e. The smallest absolute Gasteiger partial charge is 0.331 e. The van der Waals surface area contributed by atoms with E-state index in [1.807, 2.05) is 31.2 Å². The molecule has 7 nitrogen and oxygen atoms in total. The fourth-order valence-corrected chi connectivity index (χ4v) is 3.27. The molecule has 0 radical (unpaired) electrons. The highest BCUT2D eigenvalue weighted by atomic mass is 16.5. The Balaban J connectivity index is 1.96. The second-order valence-corrected chi connectivity index (χ2v) is 6.90. The van der Waals surface area contributed by atoms with Crippen LogP contribution in [0.15, 0.2) is 24.3 Å². The molecule has 2 aromatic rings.